The van der Waals surface area contributed by atoms with Gasteiger partial charge in [0.2, 0.25) is 0 Å². The fraction of sp³-hybridized carbons (Fsp3) is 0.353. The van der Waals surface area contributed by atoms with Gasteiger partial charge in [0.25, 0.3) is 0 Å². The molecule has 0 aliphatic heterocycles. The average Bonchev–Trinajstić information content (AvgIpc) is 2.48. The average molecular weight is 398 g/mol. The molecule has 0 fully saturated rings. The fourth-order valence-electron chi connectivity index (χ4n) is 2.22. The molecule has 0 atom stereocenters. The third-order valence-electron chi connectivity index (χ3n) is 3.22. The summed E-state index contributed by atoms with van der Waals surface area (Å²) in [5, 5.41) is -0.0307. The predicted octanol–water partition coefficient (Wildman–Crippen LogP) is 3.92. The lowest BCUT2D eigenvalue weighted by Crippen LogP contribution is -2.35. The number of sulfone groups is 1. The lowest BCUT2D eigenvalue weighted by Gasteiger charge is -2.29. The van der Waals surface area contributed by atoms with Crippen LogP contribution in [0.2, 0.25) is 5.02 Å². The highest BCUT2D eigenvalue weighted by Crippen LogP contribution is 2.37. The Bertz CT molecular complexity index is 939. The summed E-state index contributed by atoms with van der Waals surface area (Å²) in [6.45, 7) is 6.71. The van der Waals surface area contributed by atoms with Gasteiger partial charge in [-0.15, -0.1) is 0 Å². The molecule has 0 saturated heterocycles. The summed E-state index contributed by atoms with van der Waals surface area (Å²) in [6.07, 6.45) is 1.36. The first kappa shape index (κ1) is 20.1. The summed E-state index contributed by atoms with van der Waals surface area (Å²) in [5.41, 5.74) is -0.222. The van der Waals surface area contributed by atoms with Gasteiger partial charge in [-0.05, 0) is 39.8 Å². The van der Waals surface area contributed by atoms with Crippen molar-refractivity contribution in [3.05, 3.63) is 41.3 Å². The minimum Gasteiger partial charge on any atom is -0.443 e. The topological polar surface area (TPSA) is 89.5 Å². The van der Waals surface area contributed by atoms with Crippen LogP contribution in [-0.2, 0) is 14.6 Å². The highest BCUT2D eigenvalue weighted by atomic mass is 35.5. The zero-order valence-corrected chi connectivity index (χ0v) is 16.7. The molecule has 0 N–H and O–H groups in total. The first-order chi connectivity index (χ1) is 11.9. The van der Waals surface area contributed by atoms with Gasteiger partial charge in [-0.3, -0.25) is 0 Å². The van der Waals surface area contributed by atoms with Crippen LogP contribution in [-0.4, -0.2) is 36.3 Å². The van der Waals surface area contributed by atoms with Gasteiger partial charge in [0.1, 0.15) is 17.6 Å². The van der Waals surface area contributed by atoms with Crippen molar-refractivity contribution < 1.29 is 17.9 Å². The molecule has 2 aromatic rings. The van der Waals surface area contributed by atoms with Gasteiger partial charge in [0, 0.05) is 6.26 Å². The number of nitrogens with zero attached hydrogens (tertiary/aromatic N) is 3. The van der Waals surface area contributed by atoms with Crippen LogP contribution in [0.4, 0.5) is 16.2 Å². The maximum absolute atomic E-state index is 12.9. The molecule has 1 aromatic carbocycles. The first-order valence-electron chi connectivity index (χ1n) is 7.71. The van der Waals surface area contributed by atoms with Crippen LogP contribution < -0.4 is 4.90 Å². The molecule has 0 aliphatic carbocycles. The zero-order valence-electron chi connectivity index (χ0n) is 15.1. The van der Waals surface area contributed by atoms with E-state index in [2.05, 4.69) is 9.97 Å². The zero-order chi connectivity index (χ0) is 19.7. The normalized spacial score (nSPS) is 11.9. The molecule has 9 heteroatoms. The summed E-state index contributed by atoms with van der Waals surface area (Å²) in [4.78, 5) is 21.9. The third-order valence-corrected chi connectivity index (χ3v) is 4.54. The minimum atomic E-state index is -3.74. The van der Waals surface area contributed by atoms with Crippen LogP contribution in [0.3, 0.4) is 0 Å². The number of hydrogen-bond donors (Lipinski definition) is 0. The summed E-state index contributed by atoms with van der Waals surface area (Å²) < 4.78 is 29.9. The molecule has 2 rings (SSSR count). The van der Waals surface area contributed by atoms with Gasteiger partial charge in [-0.1, -0.05) is 23.7 Å². The first-order valence-corrected chi connectivity index (χ1v) is 9.98. The number of amides is 1. The van der Waals surface area contributed by atoms with Crippen LogP contribution in [0.5, 0.6) is 0 Å². The Morgan fingerprint density at radius 1 is 1.19 bits per heavy atom. The van der Waals surface area contributed by atoms with Crippen LogP contribution in [0, 0.1) is 6.92 Å². The van der Waals surface area contributed by atoms with Crippen molar-refractivity contribution in [2.24, 2.45) is 0 Å². The molecule has 26 heavy (non-hydrogen) atoms. The number of hydrogen-bond acceptors (Lipinski definition) is 6. The predicted molar refractivity (Wildman–Crippen MR) is 99.7 cm³/mol. The Morgan fingerprint density at radius 3 is 2.35 bits per heavy atom. The number of carbonyl (C=O) groups is 1. The van der Waals surface area contributed by atoms with Gasteiger partial charge in [-0.25, -0.2) is 28.1 Å². The highest BCUT2D eigenvalue weighted by molar-refractivity contribution is 7.90. The molecule has 0 bridgehead atoms. The van der Waals surface area contributed by atoms with Crippen molar-refractivity contribution in [3.63, 3.8) is 0 Å². The molecule has 1 amide bonds. The standard InChI is InChI=1S/C17H20ClN3O4S/c1-11-14(15(20-10-19-11)26(5,23)24)21(16(22)25-17(2,3)4)13-9-7-6-8-12(13)18/h6-10H,1-5H3. The van der Waals surface area contributed by atoms with E-state index in [1.54, 1.807) is 52.0 Å². The molecule has 0 spiro atoms. The molecular weight excluding hydrogens is 378 g/mol. The second-order valence-corrected chi connectivity index (χ2v) is 8.99. The Kier molecular flexibility index (Phi) is 5.58. The Hall–Kier alpha value is -2.19. The molecule has 0 aliphatic rings. The van der Waals surface area contributed by atoms with Crippen LogP contribution in [0.1, 0.15) is 26.5 Å². The summed E-state index contributed by atoms with van der Waals surface area (Å²) in [7, 11) is -3.74. The SMILES string of the molecule is Cc1ncnc(S(C)(=O)=O)c1N(C(=O)OC(C)(C)C)c1ccccc1Cl. The van der Waals surface area contributed by atoms with E-state index in [0.717, 1.165) is 17.5 Å². The number of benzene rings is 1. The number of anilines is 2. The van der Waals surface area contributed by atoms with Crippen LogP contribution in [0.15, 0.2) is 35.6 Å². The highest BCUT2D eigenvalue weighted by Gasteiger charge is 2.32. The molecular formula is C17H20ClN3O4S. The second-order valence-electron chi connectivity index (χ2n) is 6.65. The minimum absolute atomic E-state index is 0.0114. The van der Waals surface area contributed by atoms with Gasteiger partial charge in [-0.2, -0.15) is 0 Å². The van der Waals surface area contributed by atoms with E-state index in [4.69, 9.17) is 16.3 Å². The third kappa shape index (κ3) is 4.50. The number of aryl methyl sites for hydroxylation is 1. The van der Waals surface area contributed by atoms with Crippen molar-refractivity contribution in [2.75, 3.05) is 11.2 Å². The largest absolute Gasteiger partial charge is 0.443 e. The Balaban J connectivity index is 2.79. The van der Waals surface area contributed by atoms with Crippen molar-refractivity contribution in [1.29, 1.82) is 0 Å². The van der Waals surface area contributed by atoms with Crippen molar-refractivity contribution in [1.82, 2.24) is 9.97 Å². The smallest absolute Gasteiger partial charge is 0.419 e. The van der Waals surface area contributed by atoms with Gasteiger partial charge in [0.05, 0.1) is 16.4 Å². The van der Waals surface area contributed by atoms with E-state index in [1.807, 2.05) is 0 Å². The van der Waals surface area contributed by atoms with E-state index < -0.39 is 21.5 Å². The molecule has 0 saturated carbocycles. The number of carbonyl (C=O) groups excluding carboxylic acids is 1. The van der Waals surface area contributed by atoms with E-state index in [9.17, 15) is 13.2 Å². The van der Waals surface area contributed by atoms with E-state index >= 15 is 0 Å². The molecule has 1 heterocycles. The van der Waals surface area contributed by atoms with E-state index in [0.29, 0.717) is 5.69 Å². The second kappa shape index (κ2) is 7.20. The number of halogens is 1. The quantitative estimate of drug-likeness (QED) is 0.729. The summed E-state index contributed by atoms with van der Waals surface area (Å²) in [6, 6.07) is 6.56. The lowest BCUT2D eigenvalue weighted by atomic mass is 10.2. The maximum Gasteiger partial charge on any atom is 0.419 e. The molecule has 0 unspecified atom stereocenters. The van der Waals surface area contributed by atoms with Crippen LogP contribution >= 0.6 is 11.6 Å². The Morgan fingerprint density at radius 2 is 1.81 bits per heavy atom. The van der Waals surface area contributed by atoms with Gasteiger partial charge >= 0.3 is 6.09 Å². The van der Waals surface area contributed by atoms with Crippen molar-refractivity contribution in [2.45, 2.75) is 38.3 Å². The van der Waals surface area contributed by atoms with E-state index in [1.165, 1.54) is 0 Å². The van der Waals surface area contributed by atoms with Crippen LogP contribution in [0.25, 0.3) is 0 Å². The van der Waals surface area contributed by atoms with Gasteiger partial charge in [0.15, 0.2) is 14.9 Å². The molecule has 1 aromatic heterocycles. The molecule has 7 nitrogen and oxygen atoms in total. The van der Waals surface area contributed by atoms with Crippen molar-refractivity contribution >= 4 is 38.9 Å². The van der Waals surface area contributed by atoms with E-state index in [-0.39, 0.29) is 21.4 Å². The number of aromatic nitrogens is 2. The maximum atomic E-state index is 12.9. The molecule has 0 radical (unpaired) electrons. The Labute approximate surface area is 157 Å². The number of ether oxygens (including phenoxy) is 1. The monoisotopic (exact) mass is 397 g/mol. The van der Waals surface area contributed by atoms with Gasteiger partial charge < -0.3 is 4.74 Å². The lowest BCUT2D eigenvalue weighted by molar-refractivity contribution is 0.0598. The fourth-order valence-corrected chi connectivity index (χ4v) is 3.27. The summed E-state index contributed by atoms with van der Waals surface area (Å²) >= 11 is 6.26. The number of rotatable bonds is 3. The summed E-state index contributed by atoms with van der Waals surface area (Å²) in [5.74, 6) is 0. The number of para-hydroxylation sites is 1. The van der Waals surface area contributed by atoms with Crippen molar-refractivity contribution in [3.8, 4) is 0 Å². The molecule has 140 valence electrons.